The van der Waals surface area contributed by atoms with E-state index in [1.807, 2.05) is 0 Å². The lowest BCUT2D eigenvalue weighted by molar-refractivity contribution is 0.300. The van der Waals surface area contributed by atoms with Gasteiger partial charge in [-0.05, 0) is 40.8 Å². The summed E-state index contributed by atoms with van der Waals surface area (Å²) >= 11 is 3.24. The van der Waals surface area contributed by atoms with E-state index >= 15 is 0 Å². The van der Waals surface area contributed by atoms with E-state index in [1.165, 1.54) is 35.8 Å². The summed E-state index contributed by atoms with van der Waals surface area (Å²) in [4.78, 5) is 3.97. The highest BCUT2D eigenvalue weighted by atomic mass is 79.9. The van der Waals surface area contributed by atoms with Crippen LogP contribution in [0.1, 0.15) is 32.1 Å². The van der Waals surface area contributed by atoms with Gasteiger partial charge in [-0.3, -0.25) is 0 Å². The van der Waals surface area contributed by atoms with Gasteiger partial charge >= 0.3 is 0 Å². The topological polar surface area (TPSA) is 76.3 Å². The quantitative estimate of drug-likeness (QED) is 0.893. The Balaban J connectivity index is 2.18. The maximum Gasteiger partial charge on any atom is 0.246 e. The van der Waals surface area contributed by atoms with Gasteiger partial charge in [0.05, 0.1) is 0 Å². The lowest BCUT2D eigenvalue weighted by Crippen LogP contribution is -2.33. The van der Waals surface area contributed by atoms with Crippen LogP contribution < -0.4 is 5.73 Å². The highest BCUT2D eigenvalue weighted by molar-refractivity contribution is 9.10. The maximum atomic E-state index is 12.6. The third-order valence-electron chi connectivity index (χ3n) is 3.78. The fourth-order valence-corrected chi connectivity index (χ4v) is 4.46. The minimum absolute atomic E-state index is 0.0451. The third-order valence-corrected chi connectivity index (χ3v) is 6.06. The van der Waals surface area contributed by atoms with E-state index in [2.05, 4.69) is 20.9 Å². The predicted molar refractivity (Wildman–Crippen MR) is 82.7 cm³/mol. The van der Waals surface area contributed by atoms with Crippen LogP contribution in [0.25, 0.3) is 0 Å². The number of hydrogen-bond acceptors (Lipinski definition) is 4. The molecule has 0 bridgehead atoms. The number of rotatable bonds is 4. The van der Waals surface area contributed by atoms with Gasteiger partial charge in [-0.25, -0.2) is 17.7 Å². The van der Waals surface area contributed by atoms with E-state index in [1.54, 1.807) is 7.05 Å². The van der Waals surface area contributed by atoms with E-state index in [-0.39, 0.29) is 10.7 Å². The van der Waals surface area contributed by atoms with Crippen LogP contribution in [0.15, 0.2) is 21.6 Å². The number of nitrogens with two attached hydrogens (primary N) is 1. The van der Waals surface area contributed by atoms with Crippen molar-refractivity contribution in [1.29, 1.82) is 0 Å². The molecule has 0 saturated heterocycles. The molecule has 1 aromatic rings. The van der Waals surface area contributed by atoms with Gasteiger partial charge in [-0.2, -0.15) is 0 Å². The summed E-state index contributed by atoms with van der Waals surface area (Å²) in [5, 5.41) is 0. The number of nitrogens with zero attached hydrogens (tertiary/aromatic N) is 2. The summed E-state index contributed by atoms with van der Waals surface area (Å²) in [6.45, 7) is 0.550. The number of aromatic nitrogens is 1. The third kappa shape index (κ3) is 3.51. The minimum Gasteiger partial charge on any atom is -0.383 e. The average Bonchev–Trinajstić information content (AvgIpc) is 2.42. The molecule has 0 atom stereocenters. The zero-order chi connectivity index (χ0) is 14.8. The summed E-state index contributed by atoms with van der Waals surface area (Å²) < 4.78 is 27.1. The molecule has 7 heteroatoms. The lowest BCUT2D eigenvalue weighted by atomic mass is 9.89. The highest BCUT2D eigenvalue weighted by Crippen LogP contribution is 2.28. The molecule has 0 spiro atoms. The van der Waals surface area contributed by atoms with E-state index < -0.39 is 10.0 Å². The molecule has 0 aliphatic heterocycles. The molecule has 5 nitrogen and oxygen atoms in total. The molecule has 2 N–H and O–H groups in total. The molecular formula is C13H20BrN3O2S. The van der Waals surface area contributed by atoms with Crippen molar-refractivity contribution in [1.82, 2.24) is 9.29 Å². The second kappa shape index (κ2) is 6.41. The Morgan fingerprint density at radius 2 is 2.05 bits per heavy atom. The monoisotopic (exact) mass is 361 g/mol. The normalized spacial score (nSPS) is 17.6. The SMILES string of the molecule is CN(CC1CCCCC1)S(=O)(=O)c1cc(Br)cnc1N. The smallest absolute Gasteiger partial charge is 0.246 e. The maximum absolute atomic E-state index is 12.6. The second-order valence-corrected chi connectivity index (χ2v) is 8.26. The van der Waals surface area contributed by atoms with Crippen molar-refractivity contribution in [2.45, 2.75) is 37.0 Å². The Kier molecular flexibility index (Phi) is 5.04. The fraction of sp³-hybridized carbons (Fsp3) is 0.615. The van der Waals surface area contributed by atoms with Crippen molar-refractivity contribution in [3.63, 3.8) is 0 Å². The average molecular weight is 362 g/mol. The Hall–Kier alpha value is -0.660. The van der Waals surface area contributed by atoms with Gasteiger partial charge in [0, 0.05) is 24.3 Å². The van der Waals surface area contributed by atoms with Crippen LogP contribution >= 0.6 is 15.9 Å². The van der Waals surface area contributed by atoms with Crippen molar-refractivity contribution >= 4 is 31.8 Å². The molecule has 1 fully saturated rings. The van der Waals surface area contributed by atoms with Gasteiger partial charge in [0.15, 0.2) is 0 Å². The number of nitrogen functional groups attached to an aromatic ring is 1. The summed E-state index contributed by atoms with van der Waals surface area (Å²) in [5.41, 5.74) is 5.71. The van der Waals surface area contributed by atoms with Crippen LogP contribution in [0.3, 0.4) is 0 Å². The van der Waals surface area contributed by atoms with Gasteiger partial charge in [-0.1, -0.05) is 19.3 Å². The largest absolute Gasteiger partial charge is 0.383 e. The van der Waals surface area contributed by atoms with E-state index in [0.717, 1.165) is 12.8 Å². The van der Waals surface area contributed by atoms with E-state index in [9.17, 15) is 8.42 Å². The van der Waals surface area contributed by atoms with Crippen molar-refractivity contribution in [3.05, 3.63) is 16.7 Å². The van der Waals surface area contributed by atoms with Crippen LogP contribution in [0.4, 0.5) is 5.82 Å². The van der Waals surface area contributed by atoms with E-state index in [4.69, 9.17) is 5.73 Å². The van der Waals surface area contributed by atoms with Gasteiger partial charge in [0.25, 0.3) is 0 Å². The molecule has 112 valence electrons. The molecule has 1 aliphatic rings. The summed E-state index contributed by atoms with van der Waals surface area (Å²) in [6.07, 6.45) is 7.35. The number of anilines is 1. The summed E-state index contributed by atoms with van der Waals surface area (Å²) in [7, 11) is -1.96. The van der Waals surface area contributed by atoms with Crippen LogP contribution in [-0.2, 0) is 10.0 Å². The van der Waals surface area contributed by atoms with Crippen molar-refractivity contribution < 1.29 is 8.42 Å². The minimum atomic E-state index is -3.58. The number of pyridine rings is 1. The predicted octanol–water partition coefficient (Wildman–Crippen LogP) is 2.63. The highest BCUT2D eigenvalue weighted by Gasteiger charge is 2.27. The first-order valence-electron chi connectivity index (χ1n) is 6.78. The van der Waals surface area contributed by atoms with Crippen LogP contribution in [0, 0.1) is 5.92 Å². The second-order valence-electron chi connectivity index (χ2n) is 5.33. The molecule has 0 amide bonds. The first-order chi connectivity index (χ1) is 9.41. The first-order valence-corrected chi connectivity index (χ1v) is 9.02. The molecule has 0 radical (unpaired) electrons. The molecule has 0 unspecified atom stereocenters. The molecule has 20 heavy (non-hydrogen) atoms. The number of hydrogen-bond donors (Lipinski definition) is 1. The fourth-order valence-electron chi connectivity index (χ4n) is 2.64. The van der Waals surface area contributed by atoms with Crippen LogP contribution in [0.2, 0.25) is 0 Å². The molecule has 2 rings (SSSR count). The van der Waals surface area contributed by atoms with Crippen LogP contribution in [0.5, 0.6) is 0 Å². The Morgan fingerprint density at radius 1 is 1.40 bits per heavy atom. The Bertz CT molecular complexity index is 571. The van der Waals surface area contributed by atoms with E-state index in [0.29, 0.717) is 16.9 Å². The standard InChI is InChI=1S/C13H20BrN3O2S/c1-17(9-10-5-3-2-4-6-10)20(18,19)12-7-11(14)8-16-13(12)15/h7-8,10H,2-6,9H2,1H3,(H2,15,16). The van der Waals surface area contributed by atoms with Crippen molar-refractivity contribution in [2.75, 3.05) is 19.3 Å². The zero-order valence-electron chi connectivity index (χ0n) is 11.5. The summed E-state index contributed by atoms with van der Waals surface area (Å²) in [6, 6.07) is 1.51. The zero-order valence-corrected chi connectivity index (χ0v) is 14.0. The molecule has 0 aromatic carbocycles. The molecule has 1 saturated carbocycles. The Labute approximate surface area is 128 Å². The van der Waals surface area contributed by atoms with Crippen LogP contribution in [-0.4, -0.2) is 31.3 Å². The van der Waals surface area contributed by atoms with Gasteiger partial charge in [0.1, 0.15) is 10.7 Å². The molecule has 1 heterocycles. The van der Waals surface area contributed by atoms with Gasteiger partial charge in [-0.15, -0.1) is 0 Å². The molecule has 1 aliphatic carbocycles. The van der Waals surface area contributed by atoms with Crippen molar-refractivity contribution in [3.8, 4) is 0 Å². The van der Waals surface area contributed by atoms with Gasteiger partial charge in [0.2, 0.25) is 10.0 Å². The number of sulfonamides is 1. The van der Waals surface area contributed by atoms with Crippen molar-refractivity contribution in [2.24, 2.45) is 5.92 Å². The Morgan fingerprint density at radius 3 is 2.70 bits per heavy atom. The number of halogens is 1. The van der Waals surface area contributed by atoms with Gasteiger partial charge < -0.3 is 5.73 Å². The lowest BCUT2D eigenvalue weighted by Gasteiger charge is -2.26. The molecule has 1 aromatic heterocycles. The first kappa shape index (κ1) is 15.7. The summed E-state index contributed by atoms with van der Waals surface area (Å²) in [5.74, 6) is 0.494. The molecular weight excluding hydrogens is 342 g/mol.